The minimum Gasteiger partial charge on any atom is -0.379 e. The molecule has 0 saturated carbocycles. The quantitative estimate of drug-likeness (QED) is 0.436. The maximum atomic E-state index is 9.04. The monoisotopic (exact) mass is 145 g/mol. The third kappa shape index (κ3) is 3.41. The smallest absolute Gasteiger partial charge is 0.127 e. The van der Waals surface area contributed by atoms with E-state index in [4.69, 9.17) is 10.2 Å². The maximum absolute atomic E-state index is 9.04. The summed E-state index contributed by atoms with van der Waals surface area (Å²) in [5.74, 6) is 5.21. The van der Waals surface area contributed by atoms with E-state index >= 15 is 0 Å². The lowest BCUT2D eigenvalue weighted by molar-refractivity contribution is 0.234. The van der Waals surface area contributed by atoms with E-state index in [1.165, 1.54) is 0 Å². The molecule has 2 unspecified atom stereocenters. The molecule has 0 amide bonds. The van der Waals surface area contributed by atoms with Crippen LogP contribution in [0.5, 0.6) is 0 Å². The largest absolute Gasteiger partial charge is 0.379 e. The summed E-state index contributed by atoms with van der Waals surface area (Å²) in [7, 11) is 0. The minimum absolute atomic E-state index is 0.00236. The lowest BCUT2D eigenvalue weighted by Gasteiger charge is -2.08. The number of aliphatic hydroxyl groups excluding tert-OH is 1. The van der Waals surface area contributed by atoms with Gasteiger partial charge < -0.3 is 5.11 Å². The molecule has 0 aromatic rings. The Hall–Kier alpha value is -0.170. The summed E-state index contributed by atoms with van der Waals surface area (Å²) < 4.78 is 0. The molecule has 2 nitrogen and oxygen atoms in total. The van der Waals surface area contributed by atoms with Crippen LogP contribution in [0.3, 0.4) is 0 Å². The van der Waals surface area contributed by atoms with Gasteiger partial charge >= 0.3 is 0 Å². The van der Waals surface area contributed by atoms with Gasteiger partial charge in [0.2, 0.25) is 0 Å². The molecule has 0 saturated heterocycles. The van der Waals surface area contributed by atoms with Gasteiger partial charge in [0.15, 0.2) is 0 Å². The average molecular weight is 145 g/mol. The zero-order valence-electron chi connectivity index (χ0n) is 5.59. The van der Waals surface area contributed by atoms with Crippen LogP contribution in [0, 0.1) is 11.8 Å². The fraction of sp³-hybridized carbons (Fsp3) is 0.667. The molecular formula is C6H11NOS. The van der Waals surface area contributed by atoms with Crippen molar-refractivity contribution in [2.24, 2.45) is 5.14 Å². The average Bonchev–Trinajstić information content (AvgIpc) is 1.87. The van der Waals surface area contributed by atoms with Crippen molar-refractivity contribution in [3.8, 4) is 11.8 Å². The molecule has 52 valence electrons. The highest BCUT2D eigenvalue weighted by molar-refractivity contribution is 7.97. The molecule has 3 N–H and O–H groups in total. The van der Waals surface area contributed by atoms with Gasteiger partial charge in [0.1, 0.15) is 6.10 Å². The van der Waals surface area contributed by atoms with Crippen molar-refractivity contribution in [2.75, 3.05) is 0 Å². The number of hydrogen-bond donors (Lipinski definition) is 2. The molecular weight excluding hydrogens is 134 g/mol. The summed E-state index contributed by atoms with van der Waals surface area (Å²) >= 11 is 1.12. The Bertz CT molecular complexity index is 127. The normalized spacial score (nSPS) is 15.6. The molecule has 0 heterocycles. The van der Waals surface area contributed by atoms with Crippen molar-refractivity contribution in [1.29, 1.82) is 0 Å². The summed E-state index contributed by atoms with van der Waals surface area (Å²) in [4.78, 5) is 0. The number of aliphatic hydroxyl groups is 1. The number of nitrogens with two attached hydrogens (primary N) is 1. The first-order chi connectivity index (χ1) is 4.22. The Balaban J connectivity index is 3.67. The molecule has 0 bridgehead atoms. The van der Waals surface area contributed by atoms with Crippen LogP contribution >= 0.6 is 11.9 Å². The fourth-order valence-electron chi connectivity index (χ4n) is 0.340. The lowest BCUT2D eigenvalue weighted by Crippen LogP contribution is -2.19. The van der Waals surface area contributed by atoms with Crippen molar-refractivity contribution in [1.82, 2.24) is 0 Å². The minimum atomic E-state index is -0.593. The van der Waals surface area contributed by atoms with E-state index in [2.05, 4.69) is 11.8 Å². The summed E-state index contributed by atoms with van der Waals surface area (Å²) in [6, 6.07) is 0. The van der Waals surface area contributed by atoms with Crippen LogP contribution in [0.1, 0.15) is 13.8 Å². The van der Waals surface area contributed by atoms with E-state index in [1.807, 2.05) is 6.92 Å². The van der Waals surface area contributed by atoms with Gasteiger partial charge in [-0.1, -0.05) is 17.9 Å². The molecule has 0 aliphatic rings. The molecule has 0 aliphatic carbocycles. The number of hydrogen-bond acceptors (Lipinski definition) is 3. The Morgan fingerprint density at radius 1 is 1.67 bits per heavy atom. The van der Waals surface area contributed by atoms with Crippen LogP contribution in [0.25, 0.3) is 0 Å². The zero-order valence-corrected chi connectivity index (χ0v) is 6.40. The van der Waals surface area contributed by atoms with Gasteiger partial charge in [-0.2, -0.15) is 0 Å². The van der Waals surface area contributed by atoms with Gasteiger partial charge in [-0.3, -0.25) is 5.14 Å². The lowest BCUT2D eigenvalue weighted by atomic mass is 10.3. The molecule has 0 fully saturated rings. The highest BCUT2D eigenvalue weighted by Crippen LogP contribution is 2.05. The van der Waals surface area contributed by atoms with Gasteiger partial charge in [0.05, 0.1) is 5.25 Å². The molecule has 3 heteroatoms. The van der Waals surface area contributed by atoms with E-state index in [0.717, 1.165) is 11.9 Å². The molecule has 0 spiro atoms. The predicted molar refractivity (Wildman–Crippen MR) is 40.7 cm³/mol. The Labute approximate surface area is 60.0 Å². The van der Waals surface area contributed by atoms with Gasteiger partial charge in [0.25, 0.3) is 0 Å². The van der Waals surface area contributed by atoms with Gasteiger partial charge in [-0.15, -0.1) is 5.92 Å². The Morgan fingerprint density at radius 2 is 2.22 bits per heavy atom. The van der Waals surface area contributed by atoms with Gasteiger partial charge in [-0.25, -0.2) is 0 Å². The van der Waals surface area contributed by atoms with Crippen molar-refractivity contribution >= 4 is 11.9 Å². The van der Waals surface area contributed by atoms with Crippen LogP contribution in [0.4, 0.5) is 0 Å². The summed E-state index contributed by atoms with van der Waals surface area (Å²) in [6.07, 6.45) is -0.593. The molecule has 2 atom stereocenters. The predicted octanol–water partition coefficient (Wildman–Crippen LogP) is 0.366. The first-order valence-electron chi connectivity index (χ1n) is 2.68. The zero-order chi connectivity index (χ0) is 7.28. The van der Waals surface area contributed by atoms with Crippen LogP contribution < -0.4 is 5.14 Å². The second-order valence-corrected chi connectivity index (χ2v) is 2.70. The second kappa shape index (κ2) is 4.68. The molecule has 0 aromatic carbocycles. The van der Waals surface area contributed by atoms with Crippen LogP contribution in [0.2, 0.25) is 0 Å². The van der Waals surface area contributed by atoms with Crippen molar-refractivity contribution in [3.63, 3.8) is 0 Å². The van der Waals surface area contributed by atoms with Crippen molar-refractivity contribution < 1.29 is 5.11 Å². The van der Waals surface area contributed by atoms with Crippen LogP contribution in [-0.4, -0.2) is 16.5 Å². The summed E-state index contributed by atoms with van der Waals surface area (Å²) in [5.41, 5.74) is 0. The van der Waals surface area contributed by atoms with E-state index in [1.54, 1.807) is 6.92 Å². The standard InChI is InChI=1S/C6H11NOS/c1-3-4-6(8)5(2)9-7/h5-6,8H,7H2,1-2H3. The highest BCUT2D eigenvalue weighted by atomic mass is 32.2. The third-order valence-electron chi connectivity index (χ3n) is 0.952. The molecule has 9 heavy (non-hydrogen) atoms. The van der Waals surface area contributed by atoms with Crippen LogP contribution in [-0.2, 0) is 0 Å². The first kappa shape index (κ1) is 8.83. The van der Waals surface area contributed by atoms with E-state index in [9.17, 15) is 0 Å². The Kier molecular flexibility index (Phi) is 4.60. The van der Waals surface area contributed by atoms with Crippen molar-refractivity contribution in [3.05, 3.63) is 0 Å². The third-order valence-corrected chi connectivity index (χ3v) is 1.64. The maximum Gasteiger partial charge on any atom is 0.127 e. The van der Waals surface area contributed by atoms with Crippen molar-refractivity contribution in [2.45, 2.75) is 25.2 Å². The fourth-order valence-corrected chi connectivity index (χ4v) is 0.557. The molecule has 0 radical (unpaired) electrons. The van der Waals surface area contributed by atoms with E-state index in [-0.39, 0.29) is 5.25 Å². The SMILES string of the molecule is CC#CC(O)C(C)SN. The topological polar surface area (TPSA) is 46.2 Å². The highest BCUT2D eigenvalue weighted by Gasteiger charge is 2.08. The molecule has 0 aromatic heterocycles. The molecule has 0 rings (SSSR count). The second-order valence-electron chi connectivity index (χ2n) is 1.68. The molecule has 0 aliphatic heterocycles. The van der Waals surface area contributed by atoms with Crippen LogP contribution in [0.15, 0.2) is 0 Å². The van der Waals surface area contributed by atoms with E-state index in [0.29, 0.717) is 0 Å². The Morgan fingerprint density at radius 3 is 2.56 bits per heavy atom. The van der Waals surface area contributed by atoms with Gasteiger partial charge in [-0.05, 0) is 13.8 Å². The van der Waals surface area contributed by atoms with E-state index < -0.39 is 6.10 Å². The van der Waals surface area contributed by atoms with Gasteiger partial charge in [0, 0.05) is 0 Å². The summed E-state index contributed by atoms with van der Waals surface area (Å²) in [6.45, 7) is 3.52. The summed E-state index contributed by atoms with van der Waals surface area (Å²) in [5, 5.41) is 14.2. The number of rotatable bonds is 2. The first-order valence-corrected chi connectivity index (χ1v) is 3.62.